The third kappa shape index (κ3) is 3.14. The first-order valence-corrected chi connectivity index (χ1v) is 8.49. The highest BCUT2D eigenvalue weighted by molar-refractivity contribution is 5.82. The zero-order chi connectivity index (χ0) is 19.7. The number of aromatic nitrogens is 4. The normalized spacial score (nSPS) is 15.3. The smallest absolute Gasteiger partial charge is 0.320 e. The summed E-state index contributed by atoms with van der Waals surface area (Å²) in [5, 5.41) is 16.1. The number of para-hydroxylation sites is 1. The molecule has 1 aromatic carbocycles. The Labute approximate surface area is 158 Å². The molecule has 0 fully saturated rings. The molecule has 2 aromatic heterocycles. The maximum absolute atomic E-state index is 12.4. The van der Waals surface area contributed by atoms with E-state index < -0.39 is 12.0 Å². The summed E-state index contributed by atoms with van der Waals surface area (Å²) < 4.78 is 0. The maximum Gasteiger partial charge on any atom is 0.320 e. The predicted molar refractivity (Wildman–Crippen MR) is 101 cm³/mol. The molecular formula is C19H16N6O3. The molecule has 3 heterocycles. The molecule has 0 bridgehead atoms. The summed E-state index contributed by atoms with van der Waals surface area (Å²) in [7, 11) is 0. The molecule has 1 aliphatic heterocycles. The molecule has 0 saturated carbocycles. The number of rotatable bonds is 5. The Kier molecular flexibility index (Phi) is 4.42. The number of carbonyl (C=O) groups is 1. The number of hydrogen-bond acceptors (Lipinski definition) is 6. The van der Waals surface area contributed by atoms with Crippen molar-refractivity contribution in [2.75, 3.05) is 0 Å². The lowest BCUT2D eigenvalue weighted by Crippen LogP contribution is -2.32. The van der Waals surface area contributed by atoms with Crippen molar-refractivity contribution in [3.63, 3.8) is 0 Å². The lowest BCUT2D eigenvalue weighted by molar-refractivity contribution is -0.138. The molecule has 3 aromatic rings. The van der Waals surface area contributed by atoms with Crippen molar-refractivity contribution in [1.29, 1.82) is 0 Å². The Balaban J connectivity index is 1.87. The van der Waals surface area contributed by atoms with Gasteiger partial charge in [-0.2, -0.15) is 0 Å². The number of allylic oxidation sites excluding steroid dienone is 1. The van der Waals surface area contributed by atoms with E-state index in [1.54, 1.807) is 6.08 Å². The SMILES string of the molecule is NC(CC1=c2ccccc2=NC1=Cc1c(-c2cnccn2)[nH][nH]c1=O)C(=O)O. The fourth-order valence-corrected chi connectivity index (χ4v) is 3.07. The van der Waals surface area contributed by atoms with Crippen LogP contribution >= 0.6 is 0 Å². The van der Waals surface area contributed by atoms with E-state index in [1.807, 2.05) is 24.3 Å². The van der Waals surface area contributed by atoms with Crippen LogP contribution in [0.25, 0.3) is 23.0 Å². The molecule has 9 nitrogen and oxygen atoms in total. The summed E-state index contributed by atoms with van der Waals surface area (Å²) in [5.41, 5.74) is 7.87. The summed E-state index contributed by atoms with van der Waals surface area (Å²) in [6.07, 6.45) is 6.30. The van der Waals surface area contributed by atoms with Crippen LogP contribution in [-0.4, -0.2) is 37.3 Å². The van der Waals surface area contributed by atoms with Gasteiger partial charge in [-0.25, -0.2) is 4.99 Å². The number of nitrogens with zero attached hydrogens (tertiary/aromatic N) is 3. The fraction of sp³-hybridized carbons (Fsp3) is 0.105. The Morgan fingerprint density at radius 3 is 2.82 bits per heavy atom. The molecule has 1 atom stereocenters. The van der Waals surface area contributed by atoms with Gasteiger partial charge in [0.05, 0.1) is 28.5 Å². The van der Waals surface area contributed by atoms with Crippen LogP contribution in [0.3, 0.4) is 0 Å². The van der Waals surface area contributed by atoms with Crippen molar-refractivity contribution < 1.29 is 9.90 Å². The average molecular weight is 376 g/mol. The van der Waals surface area contributed by atoms with Gasteiger partial charge in [0.2, 0.25) is 0 Å². The third-order valence-corrected chi connectivity index (χ3v) is 4.44. The Morgan fingerprint density at radius 1 is 1.25 bits per heavy atom. The van der Waals surface area contributed by atoms with Gasteiger partial charge < -0.3 is 10.8 Å². The minimum Gasteiger partial charge on any atom is -0.480 e. The van der Waals surface area contributed by atoms with Crippen LogP contribution in [-0.2, 0) is 4.79 Å². The molecule has 0 saturated heterocycles. The van der Waals surface area contributed by atoms with Gasteiger partial charge in [0.1, 0.15) is 11.7 Å². The topological polar surface area (TPSA) is 150 Å². The number of carboxylic acid groups (broad SMARTS) is 1. The maximum atomic E-state index is 12.4. The largest absolute Gasteiger partial charge is 0.480 e. The van der Waals surface area contributed by atoms with Crippen LogP contribution < -0.4 is 21.9 Å². The first kappa shape index (κ1) is 17.6. The first-order chi connectivity index (χ1) is 13.5. The second kappa shape index (κ2) is 7.05. The molecular weight excluding hydrogens is 360 g/mol. The van der Waals surface area contributed by atoms with Crippen LogP contribution in [0, 0.1) is 0 Å². The number of nitrogens with one attached hydrogen (secondary N) is 2. The van der Waals surface area contributed by atoms with E-state index >= 15 is 0 Å². The lowest BCUT2D eigenvalue weighted by atomic mass is 10.0. The number of hydrogen-bond donors (Lipinski definition) is 4. The average Bonchev–Trinajstić information content (AvgIpc) is 3.23. The highest BCUT2D eigenvalue weighted by Crippen LogP contribution is 2.24. The molecule has 140 valence electrons. The lowest BCUT2D eigenvalue weighted by Gasteiger charge is -2.09. The number of carboxylic acids is 1. The zero-order valence-corrected chi connectivity index (χ0v) is 14.6. The van der Waals surface area contributed by atoms with Crippen molar-refractivity contribution in [3.8, 4) is 11.4 Å². The predicted octanol–water partition coefficient (Wildman–Crippen LogP) is -0.213. The van der Waals surface area contributed by atoms with E-state index in [-0.39, 0.29) is 12.0 Å². The minimum absolute atomic E-state index is 0.0878. The molecule has 9 heteroatoms. The number of nitrogens with two attached hydrogens (primary N) is 1. The zero-order valence-electron chi connectivity index (χ0n) is 14.6. The van der Waals surface area contributed by atoms with Crippen molar-refractivity contribution in [1.82, 2.24) is 20.2 Å². The van der Waals surface area contributed by atoms with Crippen LogP contribution in [0.2, 0.25) is 0 Å². The Bertz CT molecular complexity index is 1260. The second-order valence-electron chi connectivity index (χ2n) is 6.24. The van der Waals surface area contributed by atoms with Crippen molar-refractivity contribution in [2.24, 2.45) is 10.7 Å². The van der Waals surface area contributed by atoms with E-state index in [0.29, 0.717) is 33.6 Å². The first-order valence-electron chi connectivity index (χ1n) is 8.49. The molecule has 0 amide bonds. The van der Waals surface area contributed by atoms with E-state index in [9.17, 15) is 14.7 Å². The van der Waals surface area contributed by atoms with E-state index in [0.717, 1.165) is 5.22 Å². The molecule has 0 spiro atoms. The van der Waals surface area contributed by atoms with Gasteiger partial charge in [0.25, 0.3) is 5.56 Å². The van der Waals surface area contributed by atoms with E-state index in [2.05, 4.69) is 25.2 Å². The molecule has 4 rings (SSSR count). The molecule has 5 N–H and O–H groups in total. The molecule has 1 aliphatic rings. The van der Waals surface area contributed by atoms with Gasteiger partial charge in [-0.05, 0) is 17.7 Å². The highest BCUT2D eigenvalue weighted by atomic mass is 16.4. The summed E-state index contributed by atoms with van der Waals surface area (Å²) in [6, 6.07) is 6.29. The van der Waals surface area contributed by atoms with Gasteiger partial charge in [-0.3, -0.25) is 29.8 Å². The van der Waals surface area contributed by atoms with Gasteiger partial charge in [0.15, 0.2) is 0 Å². The van der Waals surface area contributed by atoms with Gasteiger partial charge in [-0.15, -0.1) is 0 Å². The summed E-state index contributed by atoms with van der Waals surface area (Å²) in [6.45, 7) is 0. The second-order valence-corrected chi connectivity index (χ2v) is 6.24. The summed E-state index contributed by atoms with van der Waals surface area (Å²) in [4.78, 5) is 36.4. The van der Waals surface area contributed by atoms with Crippen LogP contribution in [0.15, 0.2) is 58.3 Å². The van der Waals surface area contributed by atoms with Gasteiger partial charge in [-0.1, -0.05) is 18.2 Å². The number of benzene rings is 1. The van der Waals surface area contributed by atoms with Crippen LogP contribution in [0.4, 0.5) is 0 Å². The fourth-order valence-electron chi connectivity index (χ4n) is 3.07. The van der Waals surface area contributed by atoms with E-state index in [1.165, 1.54) is 18.6 Å². The molecule has 1 unspecified atom stereocenters. The van der Waals surface area contributed by atoms with Crippen molar-refractivity contribution >= 4 is 17.6 Å². The summed E-state index contributed by atoms with van der Waals surface area (Å²) >= 11 is 0. The van der Waals surface area contributed by atoms with E-state index in [4.69, 9.17) is 5.73 Å². The monoisotopic (exact) mass is 376 g/mol. The number of aliphatic carboxylic acids is 1. The highest BCUT2D eigenvalue weighted by Gasteiger charge is 2.21. The molecule has 28 heavy (non-hydrogen) atoms. The number of H-pyrrole nitrogens is 2. The molecule has 0 aliphatic carbocycles. The van der Waals surface area contributed by atoms with Crippen LogP contribution in [0.1, 0.15) is 12.0 Å². The number of fused-ring (bicyclic) bond motifs is 1. The Hall–Kier alpha value is -3.85. The Morgan fingerprint density at radius 2 is 2.07 bits per heavy atom. The van der Waals surface area contributed by atoms with Gasteiger partial charge in [0, 0.05) is 24.0 Å². The number of aromatic amines is 2. The van der Waals surface area contributed by atoms with Crippen molar-refractivity contribution in [3.05, 3.63) is 75.0 Å². The van der Waals surface area contributed by atoms with Crippen molar-refractivity contribution in [2.45, 2.75) is 12.5 Å². The molecule has 0 radical (unpaired) electrons. The third-order valence-electron chi connectivity index (χ3n) is 4.44. The standard InChI is InChI=1S/C19H16N6O3/c20-13(19(27)28)7-11-10-3-1-2-4-14(10)23-15(11)8-12-17(24-25-18(12)26)16-9-21-5-6-22-16/h1-6,8-9,13H,7,20H2,(H,27,28)(H2,24,25,26). The van der Waals surface area contributed by atoms with Gasteiger partial charge >= 0.3 is 5.97 Å². The summed E-state index contributed by atoms with van der Waals surface area (Å²) in [5.74, 6) is -1.10. The minimum atomic E-state index is -1.10. The quantitative estimate of drug-likeness (QED) is 0.484. The van der Waals surface area contributed by atoms with Crippen LogP contribution in [0.5, 0.6) is 0 Å².